The van der Waals surface area contributed by atoms with E-state index in [2.05, 4.69) is 20.4 Å². The number of nitrogens with zero attached hydrogens (tertiary/aromatic N) is 4. The van der Waals surface area contributed by atoms with E-state index < -0.39 is 0 Å². The van der Waals surface area contributed by atoms with Crippen molar-refractivity contribution in [2.45, 2.75) is 26.7 Å². The highest BCUT2D eigenvalue weighted by molar-refractivity contribution is 6.04. The van der Waals surface area contributed by atoms with Crippen LogP contribution in [0.5, 0.6) is 0 Å². The average molecular weight is 380 g/mol. The molecule has 0 saturated heterocycles. The Hall–Kier alpha value is -3.42. The summed E-state index contributed by atoms with van der Waals surface area (Å²) >= 11 is 0. The maximum atomic E-state index is 12.7. The first kappa shape index (κ1) is 19.3. The minimum absolute atomic E-state index is 0.252. The lowest BCUT2D eigenvalue weighted by atomic mass is 10.2. The third kappa shape index (κ3) is 4.28. The predicted molar refractivity (Wildman–Crippen MR) is 109 cm³/mol. The molecule has 0 aliphatic carbocycles. The molecule has 0 unspecified atom stereocenters. The Morgan fingerprint density at radius 3 is 2.57 bits per heavy atom. The summed E-state index contributed by atoms with van der Waals surface area (Å²) in [6.07, 6.45) is 1.57. The molecule has 3 rings (SSSR count). The van der Waals surface area contributed by atoms with Gasteiger partial charge in [-0.1, -0.05) is 13.3 Å². The SMILES string of the molecule is CCCc1cc(=O)[nH]c(-n2nc(C)cc2NC(=O)c2ccc(N(C)C)cc2)n1. The Kier molecular flexibility index (Phi) is 5.58. The fourth-order valence-corrected chi connectivity index (χ4v) is 2.83. The zero-order chi connectivity index (χ0) is 20.3. The molecule has 28 heavy (non-hydrogen) atoms. The van der Waals surface area contributed by atoms with Gasteiger partial charge in [0.05, 0.1) is 5.69 Å². The van der Waals surface area contributed by atoms with E-state index in [0.717, 1.165) is 12.1 Å². The quantitative estimate of drug-likeness (QED) is 0.685. The van der Waals surface area contributed by atoms with E-state index in [1.165, 1.54) is 10.7 Å². The Labute approximate surface area is 163 Å². The lowest BCUT2D eigenvalue weighted by Gasteiger charge is -2.13. The Bertz CT molecular complexity index is 1030. The van der Waals surface area contributed by atoms with Crippen LogP contribution in [0.3, 0.4) is 0 Å². The first-order chi connectivity index (χ1) is 13.4. The molecule has 2 aromatic heterocycles. The molecular formula is C20H24N6O2. The molecule has 3 aromatic rings. The largest absolute Gasteiger partial charge is 0.378 e. The highest BCUT2D eigenvalue weighted by atomic mass is 16.1. The first-order valence-electron chi connectivity index (χ1n) is 9.13. The number of amides is 1. The van der Waals surface area contributed by atoms with Crippen molar-refractivity contribution in [3.63, 3.8) is 0 Å². The van der Waals surface area contributed by atoms with Gasteiger partial charge in [-0.15, -0.1) is 0 Å². The van der Waals surface area contributed by atoms with Crippen LogP contribution in [0.1, 0.15) is 35.1 Å². The summed E-state index contributed by atoms with van der Waals surface area (Å²) in [6, 6.07) is 10.5. The molecule has 0 radical (unpaired) electrons. The third-order valence-corrected chi connectivity index (χ3v) is 4.21. The number of hydrogen-bond donors (Lipinski definition) is 2. The van der Waals surface area contributed by atoms with Crippen molar-refractivity contribution in [2.24, 2.45) is 0 Å². The molecule has 0 fully saturated rings. The molecule has 2 heterocycles. The smallest absolute Gasteiger partial charge is 0.256 e. The Morgan fingerprint density at radius 2 is 1.93 bits per heavy atom. The summed E-state index contributed by atoms with van der Waals surface area (Å²) in [5.74, 6) is 0.455. The molecule has 0 spiro atoms. The highest BCUT2D eigenvalue weighted by Gasteiger charge is 2.15. The van der Waals surface area contributed by atoms with E-state index in [0.29, 0.717) is 29.2 Å². The lowest BCUT2D eigenvalue weighted by Crippen LogP contribution is -2.19. The molecule has 8 nitrogen and oxygen atoms in total. The topological polar surface area (TPSA) is 95.9 Å². The van der Waals surface area contributed by atoms with Gasteiger partial charge in [0.2, 0.25) is 5.95 Å². The Balaban J connectivity index is 1.90. The second-order valence-corrected chi connectivity index (χ2v) is 6.79. The van der Waals surface area contributed by atoms with E-state index in [1.54, 1.807) is 18.2 Å². The summed E-state index contributed by atoms with van der Waals surface area (Å²) < 4.78 is 1.45. The summed E-state index contributed by atoms with van der Waals surface area (Å²) in [7, 11) is 3.88. The first-order valence-corrected chi connectivity index (χ1v) is 9.13. The number of carbonyl (C=O) groups excluding carboxylic acids is 1. The van der Waals surface area contributed by atoms with Crippen LogP contribution in [0.15, 0.2) is 41.2 Å². The van der Waals surface area contributed by atoms with E-state index in [9.17, 15) is 9.59 Å². The van der Waals surface area contributed by atoms with E-state index in [-0.39, 0.29) is 17.4 Å². The molecule has 0 atom stereocenters. The molecule has 0 bridgehead atoms. The number of aryl methyl sites for hydroxylation is 2. The number of aromatic nitrogens is 4. The number of rotatable bonds is 6. The number of H-pyrrole nitrogens is 1. The molecule has 0 aliphatic rings. The normalized spacial score (nSPS) is 10.7. The third-order valence-electron chi connectivity index (χ3n) is 4.21. The van der Waals surface area contributed by atoms with Gasteiger partial charge in [0.25, 0.3) is 11.5 Å². The second-order valence-electron chi connectivity index (χ2n) is 6.79. The maximum absolute atomic E-state index is 12.7. The molecule has 0 aliphatic heterocycles. The van der Waals surface area contributed by atoms with Crippen LogP contribution in [0.25, 0.3) is 5.95 Å². The van der Waals surface area contributed by atoms with Gasteiger partial charge in [0.15, 0.2) is 0 Å². The number of benzene rings is 1. The maximum Gasteiger partial charge on any atom is 0.256 e. The van der Waals surface area contributed by atoms with Gasteiger partial charge in [0, 0.05) is 43.2 Å². The van der Waals surface area contributed by atoms with Crippen molar-refractivity contribution < 1.29 is 4.79 Å². The molecule has 1 aromatic carbocycles. The van der Waals surface area contributed by atoms with Gasteiger partial charge >= 0.3 is 0 Å². The van der Waals surface area contributed by atoms with Crippen LogP contribution < -0.4 is 15.8 Å². The zero-order valence-electron chi connectivity index (χ0n) is 16.5. The van der Waals surface area contributed by atoms with Gasteiger partial charge in [-0.05, 0) is 37.6 Å². The van der Waals surface area contributed by atoms with Crippen LogP contribution >= 0.6 is 0 Å². The minimum atomic E-state index is -0.265. The summed E-state index contributed by atoms with van der Waals surface area (Å²) in [4.78, 5) is 33.8. The van der Waals surface area contributed by atoms with Crippen molar-refractivity contribution >= 4 is 17.4 Å². The number of hydrogen-bond acceptors (Lipinski definition) is 5. The van der Waals surface area contributed by atoms with Gasteiger partial charge in [-0.2, -0.15) is 9.78 Å². The van der Waals surface area contributed by atoms with Crippen molar-refractivity contribution in [1.82, 2.24) is 19.7 Å². The van der Waals surface area contributed by atoms with Crippen molar-refractivity contribution in [1.29, 1.82) is 0 Å². The average Bonchev–Trinajstić information content (AvgIpc) is 3.02. The van der Waals surface area contributed by atoms with Gasteiger partial charge < -0.3 is 10.2 Å². The van der Waals surface area contributed by atoms with Crippen molar-refractivity contribution in [3.05, 3.63) is 63.7 Å². The van der Waals surface area contributed by atoms with E-state index in [1.807, 2.05) is 45.0 Å². The molecule has 1 amide bonds. The van der Waals surface area contributed by atoms with Gasteiger partial charge in [0.1, 0.15) is 5.82 Å². The van der Waals surface area contributed by atoms with Crippen LogP contribution in [0.4, 0.5) is 11.5 Å². The molecule has 8 heteroatoms. The van der Waals surface area contributed by atoms with Gasteiger partial charge in [-0.3, -0.25) is 14.6 Å². The molecule has 2 N–H and O–H groups in total. The van der Waals surface area contributed by atoms with Crippen LogP contribution in [-0.4, -0.2) is 39.8 Å². The number of aromatic amines is 1. The fourth-order valence-electron chi connectivity index (χ4n) is 2.83. The monoisotopic (exact) mass is 380 g/mol. The summed E-state index contributed by atoms with van der Waals surface area (Å²) in [5.41, 5.74) is 2.66. The van der Waals surface area contributed by atoms with Crippen LogP contribution in [0, 0.1) is 6.92 Å². The Morgan fingerprint density at radius 1 is 1.21 bits per heavy atom. The number of anilines is 2. The van der Waals surface area contributed by atoms with Crippen LogP contribution in [-0.2, 0) is 6.42 Å². The predicted octanol–water partition coefficient (Wildman–Crippen LogP) is 2.53. The zero-order valence-corrected chi connectivity index (χ0v) is 16.5. The summed E-state index contributed by atoms with van der Waals surface area (Å²) in [6.45, 7) is 3.83. The number of nitrogens with one attached hydrogen (secondary N) is 2. The van der Waals surface area contributed by atoms with E-state index >= 15 is 0 Å². The summed E-state index contributed by atoms with van der Waals surface area (Å²) in [5, 5.41) is 7.22. The van der Waals surface area contributed by atoms with Gasteiger partial charge in [-0.25, -0.2) is 4.98 Å². The van der Waals surface area contributed by atoms with E-state index in [4.69, 9.17) is 0 Å². The molecular weight excluding hydrogens is 356 g/mol. The second kappa shape index (κ2) is 8.08. The number of carbonyl (C=O) groups is 1. The van der Waals surface area contributed by atoms with Crippen molar-refractivity contribution in [3.8, 4) is 5.95 Å². The molecule has 146 valence electrons. The van der Waals surface area contributed by atoms with Crippen LogP contribution in [0.2, 0.25) is 0 Å². The highest BCUT2D eigenvalue weighted by Crippen LogP contribution is 2.17. The lowest BCUT2D eigenvalue weighted by molar-refractivity contribution is 0.102. The molecule has 0 saturated carbocycles. The fraction of sp³-hybridized carbons (Fsp3) is 0.300. The van der Waals surface area contributed by atoms with Crippen molar-refractivity contribution in [2.75, 3.05) is 24.3 Å². The minimum Gasteiger partial charge on any atom is -0.378 e. The standard InChI is InChI=1S/C20H24N6O2/c1-5-6-15-12-18(27)23-20(21-15)26-17(11-13(2)24-26)22-19(28)14-7-9-16(10-8-14)25(3)4/h7-12H,5-6H2,1-4H3,(H,22,28)(H,21,23,27).